The Balaban J connectivity index is 1.50. The minimum Gasteiger partial charge on any atom is -0.466 e. The van der Waals surface area contributed by atoms with E-state index in [-0.39, 0.29) is 11.8 Å². The van der Waals surface area contributed by atoms with Gasteiger partial charge in [0, 0.05) is 17.5 Å². The fourth-order valence-corrected chi connectivity index (χ4v) is 5.12. The summed E-state index contributed by atoms with van der Waals surface area (Å²) in [5.74, 6) is 1.04. The van der Waals surface area contributed by atoms with Crippen LogP contribution in [0.2, 0.25) is 0 Å². The van der Waals surface area contributed by atoms with E-state index in [2.05, 4.69) is 77.1 Å². The lowest BCUT2D eigenvalue weighted by Gasteiger charge is -2.48. The summed E-state index contributed by atoms with van der Waals surface area (Å²) in [6, 6.07) is 23.9. The average molecular weight is 370 g/mol. The monoisotopic (exact) mass is 370 g/mol. The van der Waals surface area contributed by atoms with E-state index in [4.69, 9.17) is 9.84 Å². The van der Waals surface area contributed by atoms with Crippen molar-refractivity contribution < 1.29 is 10.1 Å². The molecule has 0 unspecified atom stereocenters. The molecule has 3 aliphatic rings. The van der Waals surface area contributed by atoms with E-state index in [1.54, 1.807) is 0 Å². The molecular formula is C24H24N3O+. The van der Waals surface area contributed by atoms with Crippen molar-refractivity contribution in [2.75, 3.05) is 13.1 Å². The fraction of sp³-hybridized carbons (Fsp3) is 0.292. The van der Waals surface area contributed by atoms with Gasteiger partial charge in [0.1, 0.15) is 5.75 Å². The first-order chi connectivity index (χ1) is 13.8. The summed E-state index contributed by atoms with van der Waals surface area (Å²) in [6.07, 6.45) is 2.94. The Labute approximate surface area is 164 Å². The average Bonchev–Trinajstić information content (AvgIpc) is 3.21. The maximum absolute atomic E-state index is 6.64. The number of benzene rings is 3. The van der Waals surface area contributed by atoms with Gasteiger partial charge in [-0.2, -0.15) is 5.10 Å². The lowest BCUT2D eigenvalue weighted by molar-refractivity contribution is -0.670. The van der Waals surface area contributed by atoms with E-state index >= 15 is 0 Å². The van der Waals surface area contributed by atoms with Gasteiger partial charge in [0.2, 0.25) is 5.72 Å². The van der Waals surface area contributed by atoms with Crippen LogP contribution in [0.25, 0.3) is 10.8 Å². The maximum Gasteiger partial charge on any atom is 0.208 e. The maximum atomic E-state index is 6.64. The molecule has 0 aromatic heterocycles. The van der Waals surface area contributed by atoms with Crippen LogP contribution in [0, 0.1) is 0 Å². The van der Waals surface area contributed by atoms with Gasteiger partial charge in [0.25, 0.3) is 0 Å². The first kappa shape index (κ1) is 16.1. The number of fused-ring (bicyclic) bond motifs is 5. The van der Waals surface area contributed by atoms with Crippen molar-refractivity contribution in [3.8, 4) is 5.75 Å². The second kappa shape index (κ2) is 6.08. The van der Waals surface area contributed by atoms with Crippen LogP contribution in [0.3, 0.4) is 0 Å². The first-order valence-electron chi connectivity index (χ1n) is 10.3. The Morgan fingerprint density at radius 2 is 1.71 bits per heavy atom. The smallest absolute Gasteiger partial charge is 0.208 e. The van der Waals surface area contributed by atoms with Crippen LogP contribution in [0.1, 0.15) is 36.4 Å². The molecule has 0 saturated carbocycles. The third-order valence-corrected chi connectivity index (χ3v) is 6.48. The van der Waals surface area contributed by atoms with E-state index in [1.165, 1.54) is 27.6 Å². The highest BCUT2D eigenvalue weighted by Gasteiger charge is 2.51. The van der Waals surface area contributed by atoms with Crippen molar-refractivity contribution in [2.24, 2.45) is 5.10 Å². The minimum atomic E-state index is -0.305. The van der Waals surface area contributed by atoms with Gasteiger partial charge in [-0.1, -0.05) is 60.7 Å². The molecule has 3 aliphatic heterocycles. The fourth-order valence-electron chi connectivity index (χ4n) is 5.12. The predicted octanol–water partition coefficient (Wildman–Crippen LogP) is 3.44. The summed E-state index contributed by atoms with van der Waals surface area (Å²) < 4.78 is 6.64. The van der Waals surface area contributed by atoms with Gasteiger partial charge in [0.15, 0.2) is 0 Å². The van der Waals surface area contributed by atoms with E-state index in [1.807, 2.05) is 0 Å². The summed E-state index contributed by atoms with van der Waals surface area (Å²) in [5, 5.41) is 12.5. The quantitative estimate of drug-likeness (QED) is 0.713. The van der Waals surface area contributed by atoms with E-state index in [9.17, 15) is 0 Å². The lowest BCUT2D eigenvalue weighted by Crippen LogP contribution is -2.89. The second-order valence-electron chi connectivity index (χ2n) is 8.09. The van der Waals surface area contributed by atoms with Gasteiger partial charge in [-0.05, 0) is 16.8 Å². The van der Waals surface area contributed by atoms with Gasteiger partial charge in [-0.15, -0.1) is 0 Å². The van der Waals surface area contributed by atoms with E-state index < -0.39 is 0 Å². The Kier molecular flexibility index (Phi) is 3.50. The number of rotatable bonds is 1. The summed E-state index contributed by atoms with van der Waals surface area (Å²) in [5.41, 5.74) is 3.39. The molecule has 2 N–H and O–H groups in total. The zero-order valence-corrected chi connectivity index (χ0v) is 15.8. The number of quaternary nitrogens is 1. The molecule has 1 spiro atoms. The summed E-state index contributed by atoms with van der Waals surface area (Å²) in [4.78, 5) is 0. The highest BCUT2D eigenvalue weighted by Crippen LogP contribution is 2.49. The van der Waals surface area contributed by atoms with Crippen LogP contribution >= 0.6 is 0 Å². The number of nitrogens with two attached hydrogens (primary N) is 1. The Morgan fingerprint density at radius 3 is 2.64 bits per heavy atom. The van der Waals surface area contributed by atoms with Crippen LogP contribution in [0.5, 0.6) is 5.75 Å². The van der Waals surface area contributed by atoms with Gasteiger partial charge in [0.05, 0.1) is 37.7 Å². The van der Waals surface area contributed by atoms with Gasteiger partial charge < -0.3 is 10.1 Å². The van der Waals surface area contributed by atoms with Gasteiger partial charge in [-0.3, -0.25) is 0 Å². The molecule has 28 heavy (non-hydrogen) atoms. The third-order valence-electron chi connectivity index (χ3n) is 6.48. The molecule has 0 bridgehead atoms. The van der Waals surface area contributed by atoms with Crippen molar-refractivity contribution in [1.29, 1.82) is 0 Å². The van der Waals surface area contributed by atoms with Crippen LogP contribution in [0.4, 0.5) is 0 Å². The molecule has 4 nitrogen and oxygen atoms in total. The highest BCUT2D eigenvalue weighted by atomic mass is 16.5. The molecular weight excluding hydrogens is 346 g/mol. The van der Waals surface area contributed by atoms with Crippen LogP contribution < -0.4 is 10.1 Å². The summed E-state index contributed by atoms with van der Waals surface area (Å²) in [7, 11) is 0. The zero-order chi connectivity index (χ0) is 18.6. The van der Waals surface area contributed by atoms with Crippen molar-refractivity contribution in [1.82, 2.24) is 5.01 Å². The van der Waals surface area contributed by atoms with Crippen molar-refractivity contribution in [3.63, 3.8) is 0 Å². The molecule has 3 aromatic rings. The molecule has 1 fully saturated rings. The SMILES string of the molecule is c1ccc2c(c1)OC1(CC[NH2+]CC1)N1N=C(c3cccc4ccccc34)C[C@@H]21. The molecule has 0 radical (unpaired) electrons. The Morgan fingerprint density at radius 1 is 0.929 bits per heavy atom. The summed E-state index contributed by atoms with van der Waals surface area (Å²) >= 11 is 0. The normalized spacial score (nSPS) is 22.5. The molecule has 6 rings (SSSR count). The van der Waals surface area contributed by atoms with Gasteiger partial charge in [-0.25, -0.2) is 5.01 Å². The first-order valence-corrected chi connectivity index (χ1v) is 10.3. The molecule has 140 valence electrons. The van der Waals surface area contributed by atoms with E-state index in [0.717, 1.165) is 38.1 Å². The van der Waals surface area contributed by atoms with Crippen molar-refractivity contribution in [3.05, 3.63) is 77.9 Å². The molecule has 0 amide bonds. The lowest BCUT2D eigenvalue weighted by atomic mass is 9.90. The van der Waals surface area contributed by atoms with E-state index in [0.29, 0.717) is 0 Å². The zero-order valence-electron chi connectivity index (χ0n) is 15.8. The third kappa shape index (κ3) is 2.31. The molecule has 3 aromatic carbocycles. The molecule has 4 heteroatoms. The van der Waals surface area contributed by atoms with Crippen LogP contribution in [0.15, 0.2) is 71.8 Å². The van der Waals surface area contributed by atoms with Crippen molar-refractivity contribution in [2.45, 2.75) is 31.0 Å². The minimum absolute atomic E-state index is 0.261. The number of nitrogens with zero attached hydrogens (tertiary/aromatic N) is 2. The number of hydrazone groups is 1. The Bertz CT molecular complexity index is 1080. The standard InChI is InChI=1S/C24H23N3O/c1-2-8-18-17(6-1)7-5-10-19(18)21-16-22-20-9-3-4-11-23(20)28-24(27(22)26-21)12-14-25-15-13-24/h1-11,22,25H,12-16H2/p+1/t22-/m0/s1. The molecule has 3 heterocycles. The van der Waals surface area contributed by atoms with Crippen LogP contribution in [-0.2, 0) is 0 Å². The number of piperidine rings is 1. The van der Waals surface area contributed by atoms with Crippen molar-refractivity contribution >= 4 is 16.5 Å². The number of para-hydroxylation sites is 1. The number of ether oxygens (including phenoxy) is 1. The molecule has 0 aliphatic carbocycles. The predicted molar refractivity (Wildman–Crippen MR) is 110 cm³/mol. The number of hydrogen-bond acceptors (Lipinski definition) is 3. The topological polar surface area (TPSA) is 41.4 Å². The highest BCUT2D eigenvalue weighted by molar-refractivity contribution is 6.11. The Hall–Kier alpha value is -2.85. The largest absolute Gasteiger partial charge is 0.466 e. The molecule has 1 saturated heterocycles. The summed E-state index contributed by atoms with van der Waals surface area (Å²) in [6.45, 7) is 2.18. The van der Waals surface area contributed by atoms with Gasteiger partial charge >= 0.3 is 0 Å². The number of hydrogen-bond donors (Lipinski definition) is 1. The van der Waals surface area contributed by atoms with Crippen LogP contribution in [-0.4, -0.2) is 29.5 Å². The second-order valence-corrected chi connectivity index (χ2v) is 8.09. The molecule has 1 atom stereocenters.